The fourth-order valence-electron chi connectivity index (χ4n) is 3.52. The van der Waals surface area contributed by atoms with E-state index in [1.807, 2.05) is 0 Å². The number of hydrogen-bond acceptors (Lipinski definition) is 5. The molecule has 0 bridgehead atoms. The maximum absolute atomic E-state index is 5.71. The molecule has 0 aliphatic carbocycles. The zero-order chi connectivity index (χ0) is 20.2. The quantitative estimate of drug-likeness (QED) is 0.209. The molecule has 0 saturated carbocycles. The van der Waals surface area contributed by atoms with Crippen molar-refractivity contribution in [1.29, 1.82) is 0 Å². The lowest BCUT2D eigenvalue weighted by molar-refractivity contribution is 0.0168. The molecule has 7 nitrogen and oxygen atoms in total. The monoisotopic (exact) mass is 532 g/mol. The van der Waals surface area contributed by atoms with Crippen LogP contribution in [0.1, 0.15) is 31.7 Å². The Labute approximate surface area is 197 Å². The smallest absolute Gasteiger partial charge is 0.191 e. The number of anilines is 1. The Morgan fingerprint density at radius 2 is 1.97 bits per heavy atom. The van der Waals surface area contributed by atoms with Gasteiger partial charge in [-0.15, -0.1) is 24.0 Å². The average Bonchev–Trinajstić information content (AvgIpc) is 3.29. The molecule has 170 valence electrons. The summed E-state index contributed by atoms with van der Waals surface area (Å²) in [6.45, 7) is 10.3. The molecule has 2 saturated heterocycles. The number of halogens is 1. The number of benzene rings is 1. The molecule has 2 fully saturated rings. The SMILES string of the molecule is CCNC(=NCc1ccc(N2CCOCC2)cc1)NCCCOCC1CCCO1.I. The number of morpholine rings is 1. The van der Waals surface area contributed by atoms with Crippen molar-refractivity contribution in [3.05, 3.63) is 29.8 Å². The van der Waals surface area contributed by atoms with Crippen molar-refractivity contribution in [3.8, 4) is 0 Å². The Bertz CT molecular complexity index is 603. The fraction of sp³-hybridized carbons (Fsp3) is 0.682. The first-order valence-corrected chi connectivity index (χ1v) is 11.0. The highest BCUT2D eigenvalue weighted by atomic mass is 127. The van der Waals surface area contributed by atoms with E-state index in [-0.39, 0.29) is 24.0 Å². The van der Waals surface area contributed by atoms with Crippen LogP contribution in [0.2, 0.25) is 0 Å². The Morgan fingerprint density at radius 3 is 2.67 bits per heavy atom. The lowest BCUT2D eigenvalue weighted by Gasteiger charge is -2.28. The largest absolute Gasteiger partial charge is 0.379 e. The van der Waals surface area contributed by atoms with Gasteiger partial charge in [-0.05, 0) is 43.9 Å². The van der Waals surface area contributed by atoms with E-state index in [2.05, 4.69) is 46.7 Å². The number of nitrogens with zero attached hydrogens (tertiary/aromatic N) is 2. The number of guanidine groups is 1. The van der Waals surface area contributed by atoms with Crippen LogP contribution in [0.25, 0.3) is 0 Å². The van der Waals surface area contributed by atoms with Crippen LogP contribution in [0, 0.1) is 0 Å². The molecule has 1 aromatic rings. The highest BCUT2D eigenvalue weighted by Gasteiger charge is 2.15. The fourth-order valence-corrected chi connectivity index (χ4v) is 3.52. The molecular formula is C22H37IN4O3. The van der Waals surface area contributed by atoms with E-state index >= 15 is 0 Å². The minimum Gasteiger partial charge on any atom is -0.379 e. The van der Waals surface area contributed by atoms with Crippen LogP contribution in [0.15, 0.2) is 29.3 Å². The third kappa shape index (κ3) is 8.95. The molecule has 2 aliphatic rings. The molecule has 0 aromatic heterocycles. The summed E-state index contributed by atoms with van der Waals surface area (Å²) >= 11 is 0. The van der Waals surface area contributed by atoms with Crippen LogP contribution in [0.3, 0.4) is 0 Å². The van der Waals surface area contributed by atoms with Gasteiger partial charge in [-0.2, -0.15) is 0 Å². The summed E-state index contributed by atoms with van der Waals surface area (Å²) in [5, 5.41) is 6.70. The molecule has 0 amide bonds. The van der Waals surface area contributed by atoms with Gasteiger partial charge in [0.15, 0.2) is 5.96 Å². The molecule has 0 spiro atoms. The standard InChI is InChI=1S/C22H36N4O3.HI/c1-2-23-22(24-10-4-13-28-18-21-5-3-14-29-21)25-17-19-6-8-20(9-7-19)26-11-15-27-16-12-26;/h6-9,21H,2-5,10-18H2,1H3,(H2,23,24,25);1H. The van der Waals surface area contributed by atoms with E-state index in [0.717, 1.165) is 77.8 Å². The summed E-state index contributed by atoms with van der Waals surface area (Å²) in [5.74, 6) is 0.851. The van der Waals surface area contributed by atoms with Gasteiger partial charge in [0.1, 0.15) is 0 Å². The zero-order valence-electron chi connectivity index (χ0n) is 18.1. The van der Waals surface area contributed by atoms with Crippen LogP contribution >= 0.6 is 24.0 Å². The topological polar surface area (TPSA) is 67.4 Å². The molecule has 30 heavy (non-hydrogen) atoms. The van der Waals surface area contributed by atoms with E-state index in [9.17, 15) is 0 Å². The van der Waals surface area contributed by atoms with E-state index in [1.165, 1.54) is 11.3 Å². The van der Waals surface area contributed by atoms with Crippen LogP contribution in [-0.4, -0.2) is 71.3 Å². The highest BCUT2D eigenvalue weighted by molar-refractivity contribution is 14.0. The second kappa shape index (κ2) is 14.8. The van der Waals surface area contributed by atoms with Gasteiger partial charge in [-0.3, -0.25) is 0 Å². The minimum absolute atomic E-state index is 0. The first-order valence-electron chi connectivity index (χ1n) is 11.0. The van der Waals surface area contributed by atoms with Gasteiger partial charge in [0.25, 0.3) is 0 Å². The normalized spacial score (nSPS) is 19.4. The number of aliphatic imine (C=N–C) groups is 1. The Balaban J connectivity index is 0.00000320. The van der Waals surface area contributed by atoms with Crippen molar-refractivity contribution in [1.82, 2.24) is 10.6 Å². The molecule has 2 N–H and O–H groups in total. The van der Waals surface area contributed by atoms with Gasteiger partial charge in [-0.25, -0.2) is 4.99 Å². The van der Waals surface area contributed by atoms with Crippen molar-refractivity contribution in [3.63, 3.8) is 0 Å². The Kier molecular flexibility index (Phi) is 12.4. The maximum Gasteiger partial charge on any atom is 0.191 e. The maximum atomic E-state index is 5.71. The molecule has 1 unspecified atom stereocenters. The number of rotatable bonds is 10. The van der Waals surface area contributed by atoms with Crippen LogP contribution < -0.4 is 15.5 Å². The van der Waals surface area contributed by atoms with Crippen molar-refractivity contribution in [2.45, 2.75) is 38.8 Å². The molecule has 2 aliphatic heterocycles. The molecule has 0 radical (unpaired) electrons. The van der Waals surface area contributed by atoms with Gasteiger partial charge < -0.3 is 29.7 Å². The number of ether oxygens (including phenoxy) is 3. The zero-order valence-corrected chi connectivity index (χ0v) is 20.4. The average molecular weight is 532 g/mol. The van der Waals surface area contributed by atoms with Crippen molar-refractivity contribution in [2.75, 3.05) is 64.1 Å². The van der Waals surface area contributed by atoms with Crippen molar-refractivity contribution < 1.29 is 14.2 Å². The van der Waals surface area contributed by atoms with Gasteiger partial charge >= 0.3 is 0 Å². The lowest BCUT2D eigenvalue weighted by Crippen LogP contribution is -2.38. The van der Waals surface area contributed by atoms with Gasteiger partial charge in [0, 0.05) is 45.1 Å². The third-order valence-corrected chi connectivity index (χ3v) is 5.16. The summed E-state index contributed by atoms with van der Waals surface area (Å²) in [7, 11) is 0. The Hall–Kier alpha value is -1.10. The summed E-state index contributed by atoms with van der Waals surface area (Å²) in [6.07, 6.45) is 3.54. The summed E-state index contributed by atoms with van der Waals surface area (Å²) in [6, 6.07) is 8.69. The summed E-state index contributed by atoms with van der Waals surface area (Å²) in [5.41, 5.74) is 2.47. The molecule has 1 atom stereocenters. The summed E-state index contributed by atoms with van der Waals surface area (Å²) < 4.78 is 16.7. The van der Waals surface area contributed by atoms with Gasteiger partial charge in [0.05, 0.1) is 32.5 Å². The van der Waals surface area contributed by atoms with Gasteiger partial charge in [0.2, 0.25) is 0 Å². The minimum atomic E-state index is 0. The van der Waals surface area contributed by atoms with Crippen LogP contribution in [0.4, 0.5) is 5.69 Å². The predicted octanol–water partition coefficient (Wildman–Crippen LogP) is 2.78. The third-order valence-electron chi connectivity index (χ3n) is 5.16. The second-order valence-corrected chi connectivity index (χ2v) is 7.45. The lowest BCUT2D eigenvalue weighted by atomic mass is 10.2. The molecule has 3 rings (SSSR count). The molecular weight excluding hydrogens is 495 g/mol. The number of nitrogens with one attached hydrogen (secondary N) is 2. The second-order valence-electron chi connectivity index (χ2n) is 7.45. The van der Waals surface area contributed by atoms with Crippen LogP contribution in [-0.2, 0) is 20.8 Å². The molecule has 1 aromatic carbocycles. The van der Waals surface area contributed by atoms with Crippen LogP contribution in [0.5, 0.6) is 0 Å². The molecule has 8 heteroatoms. The van der Waals surface area contributed by atoms with Gasteiger partial charge in [-0.1, -0.05) is 12.1 Å². The van der Waals surface area contributed by atoms with E-state index in [0.29, 0.717) is 19.3 Å². The predicted molar refractivity (Wildman–Crippen MR) is 132 cm³/mol. The van der Waals surface area contributed by atoms with E-state index in [1.54, 1.807) is 0 Å². The van der Waals surface area contributed by atoms with E-state index in [4.69, 9.17) is 19.2 Å². The molecule has 2 heterocycles. The van der Waals surface area contributed by atoms with Crippen molar-refractivity contribution >= 4 is 35.6 Å². The first kappa shape index (κ1) is 25.2. The first-order chi connectivity index (χ1) is 14.3. The van der Waals surface area contributed by atoms with E-state index < -0.39 is 0 Å². The summed E-state index contributed by atoms with van der Waals surface area (Å²) in [4.78, 5) is 7.07. The Morgan fingerprint density at radius 1 is 1.17 bits per heavy atom. The van der Waals surface area contributed by atoms with Crippen molar-refractivity contribution in [2.24, 2.45) is 4.99 Å². The highest BCUT2D eigenvalue weighted by Crippen LogP contribution is 2.17. The number of hydrogen-bond donors (Lipinski definition) is 2.